The van der Waals surface area contributed by atoms with Gasteiger partial charge in [0.1, 0.15) is 6.61 Å². The van der Waals surface area contributed by atoms with Crippen LogP contribution in [0, 0.1) is 0 Å². The highest BCUT2D eigenvalue weighted by Gasteiger charge is 2.16. The molecule has 0 aromatic rings. The van der Waals surface area contributed by atoms with Gasteiger partial charge in [-0.25, -0.2) is 0 Å². The van der Waals surface area contributed by atoms with Crippen LogP contribution in [-0.4, -0.2) is 36.4 Å². The van der Waals surface area contributed by atoms with Gasteiger partial charge in [-0.15, -0.1) is 0 Å². The molecule has 0 aliphatic rings. The van der Waals surface area contributed by atoms with Gasteiger partial charge in [0.25, 0.3) is 0 Å². The summed E-state index contributed by atoms with van der Waals surface area (Å²) < 4.78 is 10.8. The molecule has 0 fully saturated rings. The first-order valence-corrected chi connectivity index (χ1v) is 34.1. The van der Waals surface area contributed by atoms with Crippen molar-refractivity contribution in [3.63, 3.8) is 0 Å². The standard InChI is InChI=1S/C73H130O5/c1-3-5-7-9-11-13-15-17-19-21-23-25-27-29-31-32-33-34-35-36-37-38-39-40-42-44-46-48-50-52-54-56-58-60-62-64-66-68-73(76)78-71(69-74)70-77-72(75)67-65-63-61-59-57-55-53-51-49-47-45-43-41-30-28-26-24-22-20-18-16-14-12-10-8-6-4-2/h5,7,11,13,17,19,22-25,29,31,33-34,71,74H,3-4,6,8-10,12,14-16,18,20-21,26-28,30,32,35-70H2,1-2H3/b7-5-,13-11-,19-17-,24-22-,25-23-,31-29-,34-33-. The zero-order chi connectivity index (χ0) is 56.2. The number of esters is 2. The molecule has 0 aromatic carbocycles. The number of carbonyl (C=O) groups excluding carboxylic acids is 2. The average molecular weight is 1090 g/mol. The fourth-order valence-electron chi connectivity index (χ4n) is 10.1. The van der Waals surface area contributed by atoms with Crippen LogP contribution in [0.4, 0.5) is 0 Å². The minimum atomic E-state index is -0.774. The van der Waals surface area contributed by atoms with E-state index in [1.54, 1.807) is 0 Å². The summed E-state index contributed by atoms with van der Waals surface area (Å²) in [4.78, 5) is 24.6. The largest absolute Gasteiger partial charge is 0.462 e. The van der Waals surface area contributed by atoms with Crippen LogP contribution in [0.5, 0.6) is 0 Å². The van der Waals surface area contributed by atoms with Gasteiger partial charge in [0.15, 0.2) is 6.10 Å². The number of rotatable bonds is 63. The van der Waals surface area contributed by atoms with Crippen molar-refractivity contribution in [2.75, 3.05) is 13.2 Å². The van der Waals surface area contributed by atoms with Gasteiger partial charge in [0.2, 0.25) is 0 Å². The summed E-state index contributed by atoms with van der Waals surface area (Å²) in [5, 5.41) is 9.70. The van der Waals surface area contributed by atoms with Crippen LogP contribution in [0.3, 0.4) is 0 Å². The first-order chi connectivity index (χ1) is 38.6. The maximum atomic E-state index is 12.4. The summed E-state index contributed by atoms with van der Waals surface area (Å²) in [5.41, 5.74) is 0. The lowest BCUT2D eigenvalue weighted by Gasteiger charge is -2.15. The lowest BCUT2D eigenvalue weighted by atomic mass is 10.0. The normalized spacial score (nSPS) is 12.7. The molecule has 78 heavy (non-hydrogen) atoms. The number of aliphatic hydroxyl groups is 1. The minimum absolute atomic E-state index is 0.0634. The third kappa shape index (κ3) is 65.6. The predicted molar refractivity (Wildman–Crippen MR) is 343 cm³/mol. The fraction of sp³-hybridized carbons (Fsp3) is 0.781. The van der Waals surface area contributed by atoms with Crippen molar-refractivity contribution in [3.8, 4) is 0 Å². The quantitative estimate of drug-likeness (QED) is 0.0373. The number of carbonyl (C=O) groups is 2. The van der Waals surface area contributed by atoms with Crippen LogP contribution < -0.4 is 0 Å². The molecule has 0 rings (SSSR count). The van der Waals surface area contributed by atoms with Gasteiger partial charge in [-0.05, 0) is 89.9 Å². The third-order valence-corrected chi connectivity index (χ3v) is 15.2. The number of ether oxygens (including phenoxy) is 2. The number of unbranched alkanes of at least 4 members (excludes halogenated alkanes) is 41. The molecule has 0 amide bonds. The van der Waals surface area contributed by atoms with E-state index in [0.29, 0.717) is 12.8 Å². The van der Waals surface area contributed by atoms with Gasteiger partial charge in [-0.2, -0.15) is 0 Å². The van der Waals surface area contributed by atoms with Gasteiger partial charge in [-0.1, -0.05) is 330 Å². The monoisotopic (exact) mass is 1090 g/mol. The SMILES string of the molecule is CC/C=C\C/C=C\C/C=C\C/C=C\C/C=C\C/C=C\CCCCCCCCCCCCCCCCCCCCC(=O)OC(CO)COC(=O)CCCCCCCCCCCCCCCCC/C=C\CCCCCCCCCC. The molecule has 0 aromatic heterocycles. The molecule has 0 aliphatic carbocycles. The predicted octanol–water partition coefficient (Wildman–Crippen LogP) is 23.7. The third-order valence-electron chi connectivity index (χ3n) is 15.2. The fourth-order valence-corrected chi connectivity index (χ4v) is 10.1. The molecule has 0 saturated heterocycles. The molecule has 1 atom stereocenters. The topological polar surface area (TPSA) is 72.8 Å². The number of aliphatic hydroxyl groups excluding tert-OH is 1. The Balaban J connectivity index is 3.44. The van der Waals surface area contributed by atoms with E-state index in [0.717, 1.165) is 77.0 Å². The van der Waals surface area contributed by atoms with Crippen LogP contribution in [0.2, 0.25) is 0 Å². The molecule has 1 unspecified atom stereocenters. The van der Waals surface area contributed by atoms with Crippen molar-refractivity contribution in [1.82, 2.24) is 0 Å². The van der Waals surface area contributed by atoms with Crippen LogP contribution in [0.25, 0.3) is 0 Å². The van der Waals surface area contributed by atoms with E-state index in [1.807, 2.05) is 0 Å². The molecule has 5 heteroatoms. The Morgan fingerprint density at radius 1 is 0.308 bits per heavy atom. The number of allylic oxidation sites excluding steroid dienone is 14. The minimum Gasteiger partial charge on any atom is -0.462 e. The summed E-state index contributed by atoms with van der Waals surface area (Å²) >= 11 is 0. The van der Waals surface area contributed by atoms with E-state index in [1.165, 1.54) is 244 Å². The van der Waals surface area contributed by atoms with Crippen LogP contribution in [-0.2, 0) is 19.1 Å². The summed E-state index contributed by atoms with van der Waals surface area (Å²) in [7, 11) is 0. The highest BCUT2D eigenvalue weighted by molar-refractivity contribution is 5.70. The lowest BCUT2D eigenvalue weighted by molar-refractivity contribution is -0.161. The zero-order valence-electron chi connectivity index (χ0n) is 51.9. The molecule has 0 saturated carbocycles. The first-order valence-electron chi connectivity index (χ1n) is 34.1. The van der Waals surface area contributed by atoms with Crippen molar-refractivity contribution in [1.29, 1.82) is 0 Å². The summed E-state index contributed by atoms with van der Waals surface area (Å²) in [6.45, 7) is 4.07. The Bertz CT molecular complexity index is 1420. The molecule has 0 radical (unpaired) electrons. The average Bonchev–Trinajstić information content (AvgIpc) is 3.44. The molecule has 5 nitrogen and oxygen atoms in total. The second-order valence-corrected chi connectivity index (χ2v) is 22.9. The maximum Gasteiger partial charge on any atom is 0.306 e. The van der Waals surface area contributed by atoms with Crippen molar-refractivity contribution in [2.24, 2.45) is 0 Å². The highest BCUT2D eigenvalue weighted by Crippen LogP contribution is 2.18. The van der Waals surface area contributed by atoms with Crippen molar-refractivity contribution >= 4 is 11.9 Å². The van der Waals surface area contributed by atoms with E-state index >= 15 is 0 Å². The van der Waals surface area contributed by atoms with E-state index < -0.39 is 6.10 Å². The summed E-state index contributed by atoms with van der Waals surface area (Å²) in [6.07, 6.45) is 96.1. The molecule has 0 bridgehead atoms. The Labute approximate surface area is 486 Å². The highest BCUT2D eigenvalue weighted by atomic mass is 16.6. The second kappa shape index (κ2) is 68.4. The lowest BCUT2D eigenvalue weighted by Crippen LogP contribution is -2.28. The van der Waals surface area contributed by atoms with E-state index in [2.05, 4.69) is 98.9 Å². The van der Waals surface area contributed by atoms with Crippen molar-refractivity contribution < 1.29 is 24.2 Å². The Hall–Kier alpha value is -2.92. The Morgan fingerprint density at radius 2 is 0.551 bits per heavy atom. The Morgan fingerprint density at radius 3 is 0.846 bits per heavy atom. The van der Waals surface area contributed by atoms with Gasteiger partial charge < -0.3 is 14.6 Å². The van der Waals surface area contributed by atoms with Crippen LogP contribution in [0.1, 0.15) is 348 Å². The molecule has 1 N–H and O–H groups in total. The molecule has 0 aliphatic heterocycles. The summed E-state index contributed by atoms with van der Waals surface area (Å²) in [5.74, 6) is -0.574. The number of hydrogen-bond donors (Lipinski definition) is 1. The van der Waals surface area contributed by atoms with E-state index in [-0.39, 0.29) is 25.2 Å². The summed E-state index contributed by atoms with van der Waals surface area (Å²) in [6, 6.07) is 0. The molecular weight excluding hydrogens is 957 g/mol. The van der Waals surface area contributed by atoms with Crippen LogP contribution in [0.15, 0.2) is 85.1 Å². The van der Waals surface area contributed by atoms with Crippen LogP contribution >= 0.6 is 0 Å². The van der Waals surface area contributed by atoms with Crippen molar-refractivity contribution in [3.05, 3.63) is 85.1 Å². The molecule has 0 spiro atoms. The second-order valence-electron chi connectivity index (χ2n) is 22.9. The first kappa shape index (κ1) is 75.1. The number of hydrogen-bond acceptors (Lipinski definition) is 5. The van der Waals surface area contributed by atoms with E-state index in [4.69, 9.17) is 9.47 Å². The zero-order valence-corrected chi connectivity index (χ0v) is 51.9. The Kier molecular flexibility index (Phi) is 65.8. The molecule has 0 heterocycles. The van der Waals surface area contributed by atoms with E-state index in [9.17, 15) is 14.7 Å². The maximum absolute atomic E-state index is 12.4. The molecule has 452 valence electrons. The smallest absolute Gasteiger partial charge is 0.306 e. The van der Waals surface area contributed by atoms with Gasteiger partial charge in [-0.3, -0.25) is 9.59 Å². The van der Waals surface area contributed by atoms with Gasteiger partial charge in [0.05, 0.1) is 6.61 Å². The van der Waals surface area contributed by atoms with Crippen molar-refractivity contribution in [2.45, 2.75) is 354 Å². The van der Waals surface area contributed by atoms with Gasteiger partial charge >= 0.3 is 11.9 Å². The van der Waals surface area contributed by atoms with Gasteiger partial charge in [0, 0.05) is 12.8 Å². The molecular formula is C73H130O5.